The van der Waals surface area contributed by atoms with Crippen molar-refractivity contribution in [3.63, 3.8) is 0 Å². The lowest BCUT2D eigenvalue weighted by Crippen LogP contribution is -2.30. The normalized spacial score (nSPS) is 14.7. The Balaban J connectivity index is 5.29. The van der Waals surface area contributed by atoms with Gasteiger partial charge in [-0.2, -0.15) is 0 Å². The number of rotatable bonds is 67. The molecule has 4 unspecified atom stereocenters. The Hall–Kier alpha value is -2.46. The molecule has 0 aliphatic rings. The maximum atomic E-state index is 13.0. The van der Waals surface area contributed by atoms with E-state index in [2.05, 4.69) is 72.8 Å². The van der Waals surface area contributed by atoms with Crippen LogP contribution in [0.25, 0.3) is 0 Å². The van der Waals surface area contributed by atoms with Crippen molar-refractivity contribution in [3.8, 4) is 0 Å². The average molecular weight is 1320 g/mol. The second-order valence-corrected chi connectivity index (χ2v) is 29.0. The summed E-state index contributed by atoms with van der Waals surface area (Å²) in [6.07, 6.45) is 48.1. The molecule has 0 aromatic rings. The molecule has 17 nitrogen and oxygen atoms in total. The molecule has 90 heavy (non-hydrogen) atoms. The van der Waals surface area contributed by atoms with E-state index in [-0.39, 0.29) is 25.7 Å². The van der Waals surface area contributed by atoms with Gasteiger partial charge in [0.2, 0.25) is 0 Å². The van der Waals surface area contributed by atoms with Gasteiger partial charge in [-0.15, -0.1) is 0 Å². The summed E-state index contributed by atoms with van der Waals surface area (Å²) in [5.41, 5.74) is 0. The molecule has 0 rings (SSSR count). The first-order valence-electron chi connectivity index (χ1n) is 36.2. The lowest BCUT2D eigenvalue weighted by Gasteiger charge is -2.21. The van der Waals surface area contributed by atoms with Crippen LogP contribution in [-0.4, -0.2) is 96.7 Å². The maximum Gasteiger partial charge on any atom is 0.472 e. The molecular formula is C71H134O17P2. The summed E-state index contributed by atoms with van der Waals surface area (Å²) in [5.74, 6) is 0.0469. The maximum absolute atomic E-state index is 13.0. The second kappa shape index (κ2) is 61.4. The van der Waals surface area contributed by atoms with E-state index >= 15 is 0 Å². The summed E-state index contributed by atoms with van der Waals surface area (Å²) >= 11 is 0. The number of carbonyl (C=O) groups excluding carboxylic acids is 4. The minimum Gasteiger partial charge on any atom is -0.462 e. The first kappa shape index (κ1) is 87.5. The molecular weight excluding hydrogens is 1190 g/mol. The highest BCUT2D eigenvalue weighted by Gasteiger charge is 2.30. The van der Waals surface area contributed by atoms with E-state index in [1.165, 1.54) is 122 Å². The van der Waals surface area contributed by atoms with Crippen molar-refractivity contribution in [1.82, 2.24) is 0 Å². The molecule has 0 amide bonds. The summed E-state index contributed by atoms with van der Waals surface area (Å²) < 4.78 is 68.2. The third-order valence-corrected chi connectivity index (χ3v) is 18.0. The Morgan fingerprint density at radius 2 is 0.656 bits per heavy atom. The van der Waals surface area contributed by atoms with Crippen LogP contribution in [0.15, 0.2) is 24.3 Å². The van der Waals surface area contributed by atoms with Crippen LogP contribution < -0.4 is 0 Å². The molecule has 0 aliphatic heterocycles. The Bertz CT molecular complexity index is 1860. The van der Waals surface area contributed by atoms with E-state index in [4.69, 9.17) is 37.0 Å². The van der Waals surface area contributed by atoms with Crippen molar-refractivity contribution in [2.24, 2.45) is 17.8 Å². The van der Waals surface area contributed by atoms with Crippen molar-refractivity contribution in [3.05, 3.63) is 24.3 Å². The zero-order valence-electron chi connectivity index (χ0n) is 58.1. The predicted molar refractivity (Wildman–Crippen MR) is 363 cm³/mol. The molecule has 0 aromatic heterocycles. The Morgan fingerprint density at radius 1 is 0.367 bits per heavy atom. The van der Waals surface area contributed by atoms with Crippen LogP contribution in [-0.2, 0) is 65.4 Å². The molecule has 0 heterocycles. The second-order valence-electron chi connectivity index (χ2n) is 26.1. The minimum absolute atomic E-state index is 0.0989. The number of allylic oxidation sites excluding steroid dienone is 4. The SMILES string of the molecule is CCCCCC/C=C\C=C/CCCCCCCC(=O)OC[C@H](COP(=O)(O)OCC(O)COP(=O)(O)OC[C@@H](COC(=O)CCCCCCCCCCC(C)C)OC(=O)CCCCCCCCC(C)CC)OC(=O)CCCCCCCCCCCCCC(C)C. The first-order valence-corrected chi connectivity index (χ1v) is 39.2. The number of unbranched alkanes of at least 4 members (excludes halogenated alkanes) is 31. The van der Waals surface area contributed by atoms with Crippen molar-refractivity contribution >= 4 is 39.5 Å². The highest BCUT2D eigenvalue weighted by molar-refractivity contribution is 7.47. The number of esters is 4. The lowest BCUT2D eigenvalue weighted by molar-refractivity contribution is -0.161. The fourth-order valence-corrected chi connectivity index (χ4v) is 11.7. The summed E-state index contributed by atoms with van der Waals surface area (Å²) in [5, 5.41) is 10.6. The molecule has 19 heteroatoms. The zero-order valence-corrected chi connectivity index (χ0v) is 59.9. The number of aliphatic hydroxyl groups excluding tert-OH is 1. The quantitative estimate of drug-likeness (QED) is 0.0169. The number of phosphoric ester groups is 2. The van der Waals surface area contributed by atoms with Crippen molar-refractivity contribution < 1.29 is 80.2 Å². The van der Waals surface area contributed by atoms with Crippen LogP contribution in [0, 0.1) is 17.8 Å². The fraction of sp³-hybridized carbons (Fsp3) is 0.887. The molecule has 0 fully saturated rings. The monoisotopic (exact) mass is 1320 g/mol. The Kier molecular flexibility index (Phi) is 59.7. The fourth-order valence-electron chi connectivity index (χ4n) is 10.1. The number of hydrogen-bond acceptors (Lipinski definition) is 15. The number of aliphatic hydroxyl groups is 1. The van der Waals surface area contributed by atoms with E-state index in [1.807, 2.05) is 0 Å². The molecule has 0 aromatic carbocycles. The number of carbonyl (C=O) groups is 4. The van der Waals surface area contributed by atoms with Crippen molar-refractivity contribution in [2.75, 3.05) is 39.6 Å². The molecule has 0 radical (unpaired) electrons. The third kappa shape index (κ3) is 63.0. The van der Waals surface area contributed by atoms with Crippen LogP contribution in [0.1, 0.15) is 331 Å². The standard InChI is InChI=1S/C71H134O17P2/c1-8-10-11-12-13-14-15-16-17-18-21-24-30-38-45-52-68(73)81-58-66(87-70(75)54-47-40-32-25-22-19-20-23-28-35-42-49-62(3)4)60-85-89(77,78)83-56-65(72)57-84-90(79,80)86-61-67(88-71(76)55-48-41-34-33-37-44-51-64(7)9-2)59-82-69(74)53-46-39-31-27-26-29-36-43-50-63(5)6/h14-17,62-67,72H,8-13,18-61H2,1-7H3,(H,77,78)(H,79,80)/b15-14-,17-16-/t64?,65?,66-,67-/m1/s1. The number of hydrogen-bond donors (Lipinski definition) is 3. The largest absolute Gasteiger partial charge is 0.472 e. The molecule has 530 valence electrons. The van der Waals surface area contributed by atoms with E-state index in [9.17, 15) is 43.2 Å². The number of phosphoric acid groups is 2. The van der Waals surface area contributed by atoms with E-state index in [0.717, 1.165) is 127 Å². The topological polar surface area (TPSA) is 237 Å². The van der Waals surface area contributed by atoms with Crippen LogP contribution in [0.5, 0.6) is 0 Å². The number of ether oxygens (including phenoxy) is 4. The van der Waals surface area contributed by atoms with Gasteiger partial charge in [-0.05, 0) is 69.1 Å². The van der Waals surface area contributed by atoms with Crippen molar-refractivity contribution in [2.45, 2.75) is 349 Å². The zero-order chi connectivity index (χ0) is 66.6. The van der Waals surface area contributed by atoms with Gasteiger partial charge in [0.05, 0.1) is 26.4 Å². The molecule has 0 bridgehead atoms. The molecule has 3 N–H and O–H groups in total. The minimum atomic E-state index is -4.96. The third-order valence-electron chi connectivity index (χ3n) is 16.1. The van der Waals surface area contributed by atoms with Gasteiger partial charge in [-0.25, -0.2) is 9.13 Å². The summed E-state index contributed by atoms with van der Waals surface area (Å²) in [7, 11) is -9.91. The summed E-state index contributed by atoms with van der Waals surface area (Å²) in [4.78, 5) is 72.5. The molecule has 0 saturated carbocycles. The van der Waals surface area contributed by atoms with Gasteiger partial charge < -0.3 is 33.8 Å². The van der Waals surface area contributed by atoms with Gasteiger partial charge in [-0.3, -0.25) is 37.3 Å². The van der Waals surface area contributed by atoms with E-state index < -0.39 is 97.5 Å². The first-order chi connectivity index (χ1) is 43.3. The van der Waals surface area contributed by atoms with Crippen LogP contribution in [0.2, 0.25) is 0 Å². The van der Waals surface area contributed by atoms with Gasteiger partial charge in [-0.1, -0.05) is 278 Å². The van der Waals surface area contributed by atoms with Crippen LogP contribution in [0.3, 0.4) is 0 Å². The highest BCUT2D eigenvalue weighted by Crippen LogP contribution is 2.45. The van der Waals surface area contributed by atoms with Gasteiger partial charge in [0.25, 0.3) is 0 Å². The lowest BCUT2D eigenvalue weighted by atomic mass is 10.00. The predicted octanol–water partition coefficient (Wildman–Crippen LogP) is 19.8. The highest BCUT2D eigenvalue weighted by atomic mass is 31.2. The van der Waals surface area contributed by atoms with E-state index in [1.54, 1.807) is 0 Å². The van der Waals surface area contributed by atoms with Gasteiger partial charge in [0, 0.05) is 25.7 Å². The smallest absolute Gasteiger partial charge is 0.462 e. The summed E-state index contributed by atoms with van der Waals surface area (Å²) in [6.45, 7) is 11.7. The van der Waals surface area contributed by atoms with Gasteiger partial charge in [0.1, 0.15) is 19.3 Å². The molecule has 6 atom stereocenters. The average Bonchev–Trinajstić information content (AvgIpc) is 3.71. The van der Waals surface area contributed by atoms with E-state index in [0.29, 0.717) is 25.7 Å². The van der Waals surface area contributed by atoms with Crippen molar-refractivity contribution in [1.29, 1.82) is 0 Å². The Labute approximate surface area is 548 Å². The van der Waals surface area contributed by atoms with Gasteiger partial charge in [0.15, 0.2) is 12.2 Å². The molecule has 0 aliphatic carbocycles. The Morgan fingerprint density at radius 3 is 0.989 bits per heavy atom. The van der Waals surface area contributed by atoms with Crippen LogP contribution in [0.4, 0.5) is 0 Å². The van der Waals surface area contributed by atoms with Gasteiger partial charge >= 0.3 is 39.5 Å². The molecule has 0 spiro atoms. The molecule has 0 saturated heterocycles. The van der Waals surface area contributed by atoms with Crippen LogP contribution >= 0.6 is 15.6 Å². The summed E-state index contributed by atoms with van der Waals surface area (Å²) in [6, 6.07) is 0.